The molecule has 6 aromatic rings. The molecule has 43 heavy (non-hydrogen) atoms. The predicted octanol–water partition coefficient (Wildman–Crippen LogP) is 5.58. The SMILES string of the molecule is COc1ccc(CN2CCc3c(c(C(=O)NCc4cccc5ccccc45)nn3CCn3cccn3)C2)c2ccccc12. The summed E-state index contributed by atoms with van der Waals surface area (Å²) in [5.41, 5.74) is 5.00. The van der Waals surface area contributed by atoms with Gasteiger partial charge in [-0.05, 0) is 39.4 Å². The Morgan fingerprint density at radius 2 is 1.70 bits per heavy atom. The largest absolute Gasteiger partial charge is 0.496 e. The second kappa shape index (κ2) is 11.7. The summed E-state index contributed by atoms with van der Waals surface area (Å²) >= 11 is 0. The molecule has 1 N–H and O–H groups in total. The molecule has 2 aromatic heterocycles. The molecule has 4 aromatic carbocycles. The van der Waals surface area contributed by atoms with Crippen molar-refractivity contribution in [3.63, 3.8) is 0 Å². The van der Waals surface area contributed by atoms with Crippen LogP contribution < -0.4 is 10.1 Å². The van der Waals surface area contributed by atoms with Crippen molar-refractivity contribution >= 4 is 27.5 Å². The van der Waals surface area contributed by atoms with E-state index in [1.165, 1.54) is 10.9 Å². The molecule has 3 heterocycles. The lowest BCUT2D eigenvalue weighted by atomic mass is 10.0. The fourth-order valence-electron chi connectivity index (χ4n) is 6.28. The fourth-order valence-corrected chi connectivity index (χ4v) is 6.28. The number of rotatable bonds is 9. The average Bonchev–Trinajstić information content (AvgIpc) is 3.71. The van der Waals surface area contributed by atoms with E-state index >= 15 is 0 Å². The third kappa shape index (κ3) is 5.37. The summed E-state index contributed by atoms with van der Waals surface area (Å²) in [5.74, 6) is 0.739. The number of amides is 1. The maximum absolute atomic E-state index is 13.7. The highest BCUT2D eigenvalue weighted by molar-refractivity contribution is 5.95. The van der Waals surface area contributed by atoms with Crippen LogP contribution in [0.5, 0.6) is 5.75 Å². The van der Waals surface area contributed by atoms with Crippen LogP contribution in [0.25, 0.3) is 21.5 Å². The fraction of sp³-hybridized carbons (Fsp3) is 0.229. The van der Waals surface area contributed by atoms with Gasteiger partial charge in [0.2, 0.25) is 0 Å². The van der Waals surface area contributed by atoms with Gasteiger partial charge >= 0.3 is 0 Å². The molecule has 8 heteroatoms. The van der Waals surface area contributed by atoms with Gasteiger partial charge in [-0.25, -0.2) is 0 Å². The summed E-state index contributed by atoms with van der Waals surface area (Å²) in [6, 6.07) is 29.0. The molecule has 0 radical (unpaired) electrons. The number of carbonyl (C=O) groups is 1. The number of aryl methyl sites for hydroxylation is 2. The highest BCUT2D eigenvalue weighted by Gasteiger charge is 2.28. The highest BCUT2D eigenvalue weighted by atomic mass is 16.5. The molecule has 0 saturated carbocycles. The van der Waals surface area contributed by atoms with Gasteiger partial charge in [-0.3, -0.25) is 19.1 Å². The minimum absolute atomic E-state index is 0.140. The summed E-state index contributed by atoms with van der Waals surface area (Å²) in [6.45, 7) is 4.12. The molecule has 216 valence electrons. The van der Waals surface area contributed by atoms with E-state index in [9.17, 15) is 4.79 Å². The van der Waals surface area contributed by atoms with Crippen LogP contribution in [0.1, 0.15) is 32.9 Å². The van der Waals surface area contributed by atoms with Crippen LogP contribution in [-0.4, -0.2) is 44.0 Å². The molecule has 1 aliphatic heterocycles. The maximum atomic E-state index is 13.7. The molecule has 1 amide bonds. The molecule has 0 unspecified atom stereocenters. The lowest BCUT2D eigenvalue weighted by Gasteiger charge is -2.28. The molecule has 0 spiro atoms. The van der Waals surface area contributed by atoms with Crippen molar-refractivity contribution in [3.8, 4) is 5.75 Å². The number of nitrogens with one attached hydrogen (secondary N) is 1. The smallest absolute Gasteiger partial charge is 0.272 e. The summed E-state index contributed by atoms with van der Waals surface area (Å²) in [5, 5.41) is 17.0. The number of hydrogen-bond acceptors (Lipinski definition) is 5. The second-order valence-electron chi connectivity index (χ2n) is 11.0. The normalized spacial score (nSPS) is 13.3. The molecule has 0 aliphatic carbocycles. The number of hydrogen-bond donors (Lipinski definition) is 1. The van der Waals surface area contributed by atoms with Crippen molar-refractivity contribution in [1.82, 2.24) is 29.8 Å². The lowest BCUT2D eigenvalue weighted by molar-refractivity contribution is 0.0942. The minimum atomic E-state index is -0.140. The van der Waals surface area contributed by atoms with Gasteiger partial charge in [-0.1, -0.05) is 72.8 Å². The van der Waals surface area contributed by atoms with Gasteiger partial charge in [0.05, 0.1) is 20.2 Å². The molecular formula is C35H34N6O2. The Labute approximate surface area is 250 Å². The van der Waals surface area contributed by atoms with Crippen molar-refractivity contribution < 1.29 is 9.53 Å². The Bertz CT molecular complexity index is 1900. The van der Waals surface area contributed by atoms with E-state index in [0.29, 0.717) is 31.9 Å². The van der Waals surface area contributed by atoms with Crippen molar-refractivity contribution in [2.45, 2.75) is 39.1 Å². The molecule has 0 atom stereocenters. The Morgan fingerprint density at radius 3 is 2.53 bits per heavy atom. The van der Waals surface area contributed by atoms with Crippen LogP contribution in [-0.2, 0) is 39.1 Å². The lowest BCUT2D eigenvalue weighted by Crippen LogP contribution is -2.32. The summed E-state index contributed by atoms with van der Waals surface area (Å²) in [6.07, 6.45) is 4.56. The molecule has 0 bridgehead atoms. The Hall–Kier alpha value is -4.95. The zero-order valence-electron chi connectivity index (χ0n) is 24.2. The number of ether oxygens (including phenoxy) is 1. The zero-order chi connectivity index (χ0) is 29.2. The first-order valence-corrected chi connectivity index (χ1v) is 14.8. The number of benzene rings is 4. The van der Waals surface area contributed by atoms with E-state index < -0.39 is 0 Å². The van der Waals surface area contributed by atoms with E-state index in [2.05, 4.69) is 63.8 Å². The van der Waals surface area contributed by atoms with Crippen LogP contribution in [0.15, 0.2) is 97.3 Å². The molecule has 7 rings (SSSR count). The second-order valence-corrected chi connectivity index (χ2v) is 11.0. The van der Waals surface area contributed by atoms with Crippen LogP contribution >= 0.6 is 0 Å². The highest BCUT2D eigenvalue weighted by Crippen LogP contribution is 2.31. The monoisotopic (exact) mass is 570 g/mol. The van der Waals surface area contributed by atoms with E-state index in [1.54, 1.807) is 13.3 Å². The van der Waals surface area contributed by atoms with Crippen molar-refractivity contribution in [2.24, 2.45) is 0 Å². The van der Waals surface area contributed by atoms with Crippen LogP contribution in [0.3, 0.4) is 0 Å². The number of methoxy groups -OCH3 is 1. The average molecular weight is 571 g/mol. The van der Waals surface area contributed by atoms with Crippen molar-refractivity contribution in [3.05, 3.63) is 125 Å². The van der Waals surface area contributed by atoms with Gasteiger partial charge in [0.15, 0.2) is 5.69 Å². The molecular weight excluding hydrogens is 536 g/mol. The van der Waals surface area contributed by atoms with E-state index in [0.717, 1.165) is 58.2 Å². The first kappa shape index (κ1) is 26.9. The standard InChI is InChI=1S/C35H34N6O2/c1-43-33-15-14-27(29-12-4-5-13-30(29)33)23-39-19-16-32-31(24-39)34(38-41(32)21-20-40-18-7-17-37-40)35(42)36-22-26-10-6-9-25-8-2-3-11-28(25)26/h2-15,17-18H,16,19-24H2,1H3,(H,36,42). The van der Waals surface area contributed by atoms with E-state index in [4.69, 9.17) is 9.84 Å². The number of nitrogens with zero attached hydrogens (tertiary/aromatic N) is 5. The maximum Gasteiger partial charge on any atom is 0.272 e. The zero-order valence-corrected chi connectivity index (χ0v) is 24.2. The predicted molar refractivity (Wildman–Crippen MR) is 168 cm³/mol. The van der Waals surface area contributed by atoms with Gasteiger partial charge in [0, 0.05) is 61.6 Å². The number of carbonyl (C=O) groups excluding carboxylic acids is 1. The summed E-state index contributed by atoms with van der Waals surface area (Å²) in [7, 11) is 1.71. The Morgan fingerprint density at radius 1 is 0.884 bits per heavy atom. The van der Waals surface area contributed by atoms with Gasteiger partial charge in [0.25, 0.3) is 5.91 Å². The van der Waals surface area contributed by atoms with Gasteiger partial charge in [-0.15, -0.1) is 0 Å². The Balaban J connectivity index is 1.16. The van der Waals surface area contributed by atoms with Crippen molar-refractivity contribution in [1.29, 1.82) is 0 Å². The molecule has 8 nitrogen and oxygen atoms in total. The molecule has 0 fully saturated rings. The third-order valence-electron chi connectivity index (χ3n) is 8.44. The Kier molecular flexibility index (Phi) is 7.35. The van der Waals surface area contributed by atoms with E-state index in [-0.39, 0.29) is 5.91 Å². The number of aromatic nitrogens is 4. The van der Waals surface area contributed by atoms with Crippen LogP contribution in [0.4, 0.5) is 0 Å². The molecule has 0 saturated heterocycles. The first-order chi connectivity index (χ1) is 21.2. The topological polar surface area (TPSA) is 77.2 Å². The summed E-state index contributed by atoms with van der Waals surface area (Å²) in [4.78, 5) is 16.2. The minimum Gasteiger partial charge on any atom is -0.496 e. The van der Waals surface area contributed by atoms with Gasteiger partial charge in [-0.2, -0.15) is 10.2 Å². The van der Waals surface area contributed by atoms with E-state index in [1.807, 2.05) is 52.0 Å². The van der Waals surface area contributed by atoms with Gasteiger partial charge in [0.1, 0.15) is 5.75 Å². The quantitative estimate of drug-likeness (QED) is 0.246. The van der Waals surface area contributed by atoms with Crippen molar-refractivity contribution in [2.75, 3.05) is 13.7 Å². The summed E-state index contributed by atoms with van der Waals surface area (Å²) < 4.78 is 9.54. The van der Waals surface area contributed by atoms with Gasteiger partial charge < -0.3 is 10.1 Å². The first-order valence-electron chi connectivity index (χ1n) is 14.8. The number of fused-ring (bicyclic) bond motifs is 3. The van der Waals surface area contributed by atoms with Crippen LogP contribution in [0, 0.1) is 0 Å². The third-order valence-corrected chi connectivity index (χ3v) is 8.44. The van der Waals surface area contributed by atoms with Crippen LogP contribution in [0.2, 0.25) is 0 Å². The molecule has 1 aliphatic rings.